The molecule has 0 bridgehead atoms. The van der Waals surface area contributed by atoms with Crippen molar-refractivity contribution in [3.63, 3.8) is 0 Å². The van der Waals surface area contributed by atoms with Crippen molar-refractivity contribution < 1.29 is 4.79 Å². The molecule has 0 atom stereocenters. The first-order valence-corrected chi connectivity index (χ1v) is 7.46. The number of halogens is 1. The second-order valence-electron chi connectivity index (χ2n) is 4.91. The molecule has 22 heavy (non-hydrogen) atoms. The minimum absolute atomic E-state index is 0.00201. The number of fused-ring (bicyclic) bond motifs is 1. The second kappa shape index (κ2) is 6.62. The molecule has 1 N–H and O–H groups in total. The Morgan fingerprint density at radius 2 is 2.14 bits per heavy atom. The number of aromatic nitrogens is 4. The van der Waals surface area contributed by atoms with Crippen LogP contribution in [0.15, 0.2) is 42.9 Å². The summed E-state index contributed by atoms with van der Waals surface area (Å²) in [5.74, 6) is -0.00201. The number of carbonyl (C=O) groups excluding carboxylic acids is 1. The molecule has 0 fully saturated rings. The fourth-order valence-corrected chi connectivity index (χ4v) is 2.50. The Bertz CT molecular complexity index is 765. The number of benzene rings is 1. The fraction of sp³-hybridized carbons (Fsp3) is 0.267. The number of aryl methyl sites for hydroxylation is 1. The molecule has 0 aliphatic heterocycles. The van der Waals surface area contributed by atoms with Gasteiger partial charge in [0.1, 0.15) is 0 Å². The predicted octanol–water partition coefficient (Wildman–Crippen LogP) is 2.09. The molecule has 0 unspecified atom stereocenters. The number of hydrogen-bond donors (Lipinski definition) is 1. The Morgan fingerprint density at radius 1 is 1.23 bits per heavy atom. The third-order valence-electron chi connectivity index (χ3n) is 3.41. The zero-order chi connectivity index (χ0) is 15.4. The van der Waals surface area contributed by atoms with Crippen LogP contribution in [0.2, 0.25) is 5.02 Å². The third-order valence-corrected chi connectivity index (χ3v) is 3.74. The number of rotatable bonds is 6. The van der Waals surface area contributed by atoms with Crippen LogP contribution in [0.3, 0.4) is 0 Å². The topological polar surface area (TPSA) is 64.7 Å². The standard InChI is InChI=1S/C15H16ClN5O/c16-13-3-1-4-14-12(13)11-19-21(14)9-5-15(22)17-7-10-20-8-2-6-18-20/h1-4,6,8,11H,5,7,9-10H2,(H,17,22). The van der Waals surface area contributed by atoms with E-state index in [4.69, 9.17) is 11.6 Å². The van der Waals surface area contributed by atoms with Crippen molar-refractivity contribution in [2.45, 2.75) is 19.5 Å². The SMILES string of the molecule is O=C(CCn1ncc2c(Cl)cccc21)NCCn1cccn1. The van der Waals surface area contributed by atoms with Crippen LogP contribution in [0.25, 0.3) is 10.9 Å². The summed E-state index contributed by atoms with van der Waals surface area (Å²) in [5, 5.41) is 12.8. The van der Waals surface area contributed by atoms with Gasteiger partial charge in [0.15, 0.2) is 0 Å². The zero-order valence-electron chi connectivity index (χ0n) is 11.9. The van der Waals surface area contributed by atoms with Gasteiger partial charge in [-0.3, -0.25) is 14.2 Å². The van der Waals surface area contributed by atoms with Crippen LogP contribution < -0.4 is 5.32 Å². The molecule has 6 nitrogen and oxygen atoms in total. The monoisotopic (exact) mass is 317 g/mol. The van der Waals surface area contributed by atoms with Crippen LogP contribution in [0.5, 0.6) is 0 Å². The Morgan fingerprint density at radius 3 is 2.95 bits per heavy atom. The summed E-state index contributed by atoms with van der Waals surface area (Å²) in [6, 6.07) is 7.52. The van der Waals surface area contributed by atoms with Crippen molar-refractivity contribution in [2.75, 3.05) is 6.54 Å². The Hall–Kier alpha value is -2.34. The average molecular weight is 318 g/mol. The zero-order valence-corrected chi connectivity index (χ0v) is 12.7. The van der Waals surface area contributed by atoms with Crippen molar-refractivity contribution >= 4 is 28.4 Å². The molecule has 7 heteroatoms. The Balaban J connectivity index is 1.51. The lowest BCUT2D eigenvalue weighted by molar-refractivity contribution is -0.121. The van der Waals surface area contributed by atoms with E-state index in [2.05, 4.69) is 15.5 Å². The summed E-state index contributed by atoms with van der Waals surface area (Å²) in [6.45, 7) is 1.75. The first-order chi connectivity index (χ1) is 10.7. The van der Waals surface area contributed by atoms with Gasteiger partial charge in [0.05, 0.1) is 29.8 Å². The first-order valence-electron chi connectivity index (χ1n) is 7.08. The molecule has 114 valence electrons. The van der Waals surface area contributed by atoms with Crippen molar-refractivity contribution in [2.24, 2.45) is 0 Å². The van der Waals surface area contributed by atoms with Gasteiger partial charge in [0, 0.05) is 30.7 Å². The highest BCUT2D eigenvalue weighted by Crippen LogP contribution is 2.22. The summed E-state index contributed by atoms with van der Waals surface area (Å²) in [7, 11) is 0. The van der Waals surface area contributed by atoms with E-state index in [-0.39, 0.29) is 5.91 Å². The Labute approximate surface area is 132 Å². The second-order valence-corrected chi connectivity index (χ2v) is 5.32. The quantitative estimate of drug-likeness (QED) is 0.757. The summed E-state index contributed by atoms with van der Waals surface area (Å²) >= 11 is 6.11. The van der Waals surface area contributed by atoms with Crippen molar-refractivity contribution in [1.29, 1.82) is 0 Å². The lowest BCUT2D eigenvalue weighted by Gasteiger charge is -2.06. The number of carbonyl (C=O) groups is 1. The molecule has 0 saturated heterocycles. The molecule has 2 heterocycles. The Kier molecular flexibility index (Phi) is 4.39. The minimum atomic E-state index is -0.00201. The van der Waals surface area contributed by atoms with Gasteiger partial charge in [-0.2, -0.15) is 10.2 Å². The normalized spacial score (nSPS) is 11.0. The van der Waals surface area contributed by atoms with E-state index in [9.17, 15) is 4.79 Å². The number of nitrogens with zero attached hydrogens (tertiary/aromatic N) is 4. The van der Waals surface area contributed by atoms with Gasteiger partial charge in [-0.1, -0.05) is 17.7 Å². The lowest BCUT2D eigenvalue weighted by atomic mass is 10.2. The maximum absolute atomic E-state index is 11.9. The first kappa shape index (κ1) is 14.6. The van der Waals surface area contributed by atoms with Gasteiger partial charge in [-0.25, -0.2) is 0 Å². The van der Waals surface area contributed by atoms with E-state index >= 15 is 0 Å². The molecule has 1 aromatic carbocycles. The summed E-state index contributed by atoms with van der Waals surface area (Å²) in [4.78, 5) is 11.9. The fourth-order valence-electron chi connectivity index (χ4n) is 2.28. The van der Waals surface area contributed by atoms with Crippen LogP contribution in [0.1, 0.15) is 6.42 Å². The third kappa shape index (κ3) is 3.28. The van der Waals surface area contributed by atoms with Crippen LogP contribution >= 0.6 is 11.6 Å². The molecule has 0 radical (unpaired) electrons. The van der Waals surface area contributed by atoms with Crippen LogP contribution in [0.4, 0.5) is 0 Å². The van der Waals surface area contributed by atoms with E-state index in [1.54, 1.807) is 21.8 Å². The van der Waals surface area contributed by atoms with Crippen molar-refractivity contribution in [3.05, 3.63) is 47.9 Å². The molecular formula is C15H16ClN5O. The molecular weight excluding hydrogens is 302 g/mol. The van der Waals surface area contributed by atoms with Crippen molar-refractivity contribution in [1.82, 2.24) is 24.9 Å². The molecule has 0 aliphatic rings. The van der Waals surface area contributed by atoms with Gasteiger partial charge in [-0.15, -0.1) is 0 Å². The molecule has 1 amide bonds. The van der Waals surface area contributed by atoms with Crippen LogP contribution in [-0.4, -0.2) is 32.0 Å². The van der Waals surface area contributed by atoms with E-state index in [0.29, 0.717) is 31.1 Å². The van der Waals surface area contributed by atoms with E-state index < -0.39 is 0 Å². The van der Waals surface area contributed by atoms with E-state index in [1.807, 2.05) is 30.5 Å². The molecule has 0 aliphatic carbocycles. The number of amides is 1. The highest BCUT2D eigenvalue weighted by molar-refractivity contribution is 6.35. The highest BCUT2D eigenvalue weighted by Gasteiger charge is 2.07. The van der Waals surface area contributed by atoms with Gasteiger partial charge < -0.3 is 5.32 Å². The largest absolute Gasteiger partial charge is 0.354 e. The lowest BCUT2D eigenvalue weighted by Crippen LogP contribution is -2.28. The molecule has 0 saturated carbocycles. The molecule has 2 aromatic heterocycles. The minimum Gasteiger partial charge on any atom is -0.354 e. The molecule has 3 aromatic rings. The predicted molar refractivity (Wildman–Crippen MR) is 84.6 cm³/mol. The maximum Gasteiger partial charge on any atom is 0.221 e. The van der Waals surface area contributed by atoms with Crippen LogP contribution in [0, 0.1) is 0 Å². The maximum atomic E-state index is 11.9. The number of hydrogen-bond acceptors (Lipinski definition) is 3. The van der Waals surface area contributed by atoms with Gasteiger partial charge in [-0.05, 0) is 18.2 Å². The summed E-state index contributed by atoms with van der Waals surface area (Å²) < 4.78 is 3.58. The molecule has 0 spiro atoms. The number of nitrogens with one attached hydrogen (secondary N) is 1. The van der Waals surface area contributed by atoms with Gasteiger partial charge in [0.2, 0.25) is 5.91 Å². The van der Waals surface area contributed by atoms with E-state index in [1.165, 1.54) is 0 Å². The summed E-state index contributed by atoms with van der Waals surface area (Å²) in [5.41, 5.74) is 0.942. The smallest absolute Gasteiger partial charge is 0.221 e. The van der Waals surface area contributed by atoms with Crippen LogP contribution in [-0.2, 0) is 17.9 Å². The highest BCUT2D eigenvalue weighted by atomic mass is 35.5. The van der Waals surface area contributed by atoms with Gasteiger partial charge in [0.25, 0.3) is 0 Å². The van der Waals surface area contributed by atoms with E-state index in [0.717, 1.165) is 10.9 Å². The van der Waals surface area contributed by atoms with Gasteiger partial charge >= 0.3 is 0 Å². The molecule has 3 rings (SSSR count). The summed E-state index contributed by atoms with van der Waals surface area (Å²) in [6.07, 6.45) is 5.69. The van der Waals surface area contributed by atoms with Crippen molar-refractivity contribution in [3.8, 4) is 0 Å². The average Bonchev–Trinajstić information content (AvgIpc) is 3.15.